The van der Waals surface area contributed by atoms with E-state index in [-0.39, 0.29) is 5.75 Å². The van der Waals surface area contributed by atoms with E-state index in [1.807, 2.05) is 0 Å². The average molecular weight is 226 g/mol. The lowest BCUT2D eigenvalue weighted by molar-refractivity contribution is 0.0973. The first-order valence-corrected chi connectivity index (χ1v) is 5.32. The summed E-state index contributed by atoms with van der Waals surface area (Å²) in [5, 5.41) is 0. The third kappa shape index (κ3) is 4.77. The van der Waals surface area contributed by atoms with E-state index in [2.05, 4.69) is 6.92 Å². The van der Waals surface area contributed by atoms with Gasteiger partial charge in [-0.25, -0.2) is 9.18 Å². The smallest absolute Gasteiger partial charge is 0.434 e. The van der Waals surface area contributed by atoms with Crippen LogP contribution in [0.15, 0.2) is 24.3 Å². The number of carbonyl (C=O) groups excluding carboxylic acids is 1. The highest BCUT2D eigenvalue weighted by Gasteiger charge is 2.05. The van der Waals surface area contributed by atoms with Gasteiger partial charge in [0.1, 0.15) is 11.6 Å². The summed E-state index contributed by atoms with van der Waals surface area (Å²) in [4.78, 5) is 11.1. The van der Waals surface area contributed by atoms with E-state index < -0.39 is 12.0 Å². The van der Waals surface area contributed by atoms with Crippen LogP contribution < -0.4 is 4.74 Å². The van der Waals surface area contributed by atoms with E-state index in [4.69, 9.17) is 9.47 Å². The van der Waals surface area contributed by atoms with Gasteiger partial charge in [-0.15, -0.1) is 0 Å². The van der Waals surface area contributed by atoms with Gasteiger partial charge < -0.3 is 9.47 Å². The first-order chi connectivity index (χ1) is 7.72. The number of benzene rings is 1. The van der Waals surface area contributed by atoms with Crippen LogP contribution in [0.5, 0.6) is 5.75 Å². The minimum Gasteiger partial charge on any atom is -0.434 e. The molecule has 0 aliphatic carbocycles. The van der Waals surface area contributed by atoms with Crippen LogP contribution in [0, 0.1) is 5.82 Å². The van der Waals surface area contributed by atoms with Crippen molar-refractivity contribution in [2.45, 2.75) is 26.2 Å². The largest absolute Gasteiger partial charge is 0.513 e. The van der Waals surface area contributed by atoms with E-state index in [9.17, 15) is 9.18 Å². The topological polar surface area (TPSA) is 35.5 Å². The van der Waals surface area contributed by atoms with Crippen LogP contribution in [0.2, 0.25) is 0 Å². The average Bonchev–Trinajstić information content (AvgIpc) is 2.24. The van der Waals surface area contributed by atoms with Gasteiger partial charge in [-0.3, -0.25) is 0 Å². The molecule has 1 aromatic carbocycles. The van der Waals surface area contributed by atoms with Crippen LogP contribution in [0.4, 0.5) is 9.18 Å². The van der Waals surface area contributed by atoms with Crippen LogP contribution >= 0.6 is 0 Å². The Hall–Kier alpha value is -1.58. The highest BCUT2D eigenvalue weighted by atomic mass is 19.1. The maximum Gasteiger partial charge on any atom is 0.513 e. The second-order valence-electron chi connectivity index (χ2n) is 3.37. The molecule has 0 aliphatic rings. The zero-order valence-electron chi connectivity index (χ0n) is 9.24. The maximum absolute atomic E-state index is 12.7. The second kappa shape index (κ2) is 6.82. The minimum absolute atomic E-state index is 0.153. The molecule has 0 saturated heterocycles. The van der Waals surface area contributed by atoms with Gasteiger partial charge in [0.2, 0.25) is 0 Å². The van der Waals surface area contributed by atoms with Crippen molar-refractivity contribution in [2.75, 3.05) is 6.61 Å². The molecule has 1 aromatic rings. The SMILES string of the molecule is CCCCCOC(=O)Oc1cccc(F)c1. The highest BCUT2D eigenvalue weighted by Crippen LogP contribution is 2.12. The molecule has 4 heteroatoms. The van der Waals surface area contributed by atoms with Gasteiger partial charge in [0.05, 0.1) is 6.61 Å². The molecule has 0 aliphatic heterocycles. The minimum atomic E-state index is -0.790. The standard InChI is InChI=1S/C12H15FO3/c1-2-3-4-8-15-12(14)16-11-7-5-6-10(13)9-11/h5-7,9H,2-4,8H2,1H3. The Labute approximate surface area is 94.2 Å². The fraction of sp³-hybridized carbons (Fsp3) is 0.417. The molecule has 0 fully saturated rings. The monoisotopic (exact) mass is 226 g/mol. The van der Waals surface area contributed by atoms with Gasteiger partial charge in [0, 0.05) is 6.07 Å². The normalized spacial score (nSPS) is 9.88. The van der Waals surface area contributed by atoms with Crippen molar-refractivity contribution in [1.82, 2.24) is 0 Å². The predicted octanol–water partition coefficient (Wildman–Crippen LogP) is 3.53. The molecule has 0 unspecified atom stereocenters. The first kappa shape index (κ1) is 12.5. The number of carbonyl (C=O) groups is 1. The Morgan fingerprint density at radius 1 is 1.38 bits per heavy atom. The number of halogens is 1. The maximum atomic E-state index is 12.7. The number of unbranched alkanes of at least 4 members (excludes halogenated alkanes) is 2. The van der Waals surface area contributed by atoms with Crippen molar-refractivity contribution in [1.29, 1.82) is 0 Å². The molecule has 0 saturated carbocycles. The Morgan fingerprint density at radius 2 is 2.19 bits per heavy atom. The Morgan fingerprint density at radius 3 is 2.88 bits per heavy atom. The van der Waals surface area contributed by atoms with Crippen LogP contribution in [0.25, 0.3) is 0 Å². The van der Waals surface area contributed by atoms with Gasteiger partial charge in [-0.05, 0) is 18.6 Å². The Bertz CT molecular complexity index is 339. The molecular weight excluding hydrogens is 211 g/mol. The molecule has 3 nitrogen and oxygen atoms in total. The van der Waals surface area contributed by atoms with Crippen molar-refractivity contribution in [3.8, 4) is 5.75 Å². The van der Waals surface area contributed by atoms with Crippen molar-refractivity contribution >= 4 is 6.16 Å². The summed E-state index contributed by atoms with van der Waals surface area (Å²) in [6, 6.07) is 5.37. The van der Waals surface area contributed by atoms with Crippen molar-refractivity contribution in [3.63, 3.8) is 0 Å². The van der Waals surface area contributed by atoms with Gasteiger partial charge in [0.15, 0.2) is 0 Å². The van der Waals surface area contributed by atoms with E-state index in [1.54, 1.807) is 0 Å². The number of rotatable bonds is 5. The molecule has 0 aromatic heterocycles. The third-order valence-corrected chi connectivity index (χ3v) is 1.97. The lowest BCUT2D eigenvalue weighted by atomic mass is 10.3. The molecule has 0 amide bonds. The molecule has 0 N–H and O–H groups in total. The van der Waals surface area contributed by atoms with E-state index in [0.717, 1.165) is 25.3 Å². The van der Waals surface area contributed by atoms with Crippen molar-refractivity contribution in [2.24, 2.45) is 0 Å². The van der Waals surface area contributed by atoms with E-state index >= 15 is 0 Å². The van der Waals surface area contributed by atoms with Crippen LogP contribution in [0.1, 0.15) is 26.2 Å². The van der Waals surface area contributed by atoms with Crippen LogP contribution in [0.3, 0.4) is 0 Å². The van der Waals surface area contributed by atoms with Gasteiger partial charge in [0.25, 0.3) is 0 Å². The molecule has 1 rings (SSSR count). The molecule has 0 radical (unpaired) electrons. The lowest BCUT2D eigenvalue weighted by Crippen LogP contribution is -2.11. The fourth-order valence-corrected chi connectivity index (χ4v) is 1.16. The molecule has 0 bridgehead atoms. The summed E-state index contributed by atoms with van der Waals surface area (Å²) in [5.41, 5.74) is 0. The van der Waals surface area contributed by atoms with Crippen LogP contribution in [-0.4, -0.2) is 12.8 Å². The number of ether oxygens (including phenoxy) is 2. The quantitative estimate of drug-likeness (QED) is 0.437. The molecule has 0 spiro atoms. The van der Waals surface area contributed by atoms with Crippen molar-refractivity contribution < 1.29 is 18.7 Å². The zero-order valence-corrected chi connectivity index (χ0v) is 9.24. The van der Waals surface area contributed by atoms with Gasteiger partial charge in [-0.2, -0.15) is 0 Å². The summed E-state index contributed by atoms with van der Waals surface area (Å²) in [6.45, 7) is 2.40. The number of hydrogen-bond acceptors (Lipinski definition) is 3. The van der Waals surface area contributed by atoms with Gasteiger partial charge in [-0.1, -0.05) is 25.8 Å². The molecule has 0 atom stereocenters. The van der Waals surface area contributed by atoms with Crippen molar-refractivity contribution in [3.05, 3.63) is 30.1 Å². The fourth-order valence-electron chi connectivity index (χ4n) is 1.16. The van der Waals surface area contributed by atoms with E-state index in [0.29, 0.717) is 6.61 Å². The summed E-state index contributed by atoms with van der Waals surface area (Å²) in [6.07, 6.45) is 2.09. The zero-order chi connectivity index (χ0) is 11.8. The molecular formula is C12H15FO3. The summed E-state index contributed by atoms with van der Waals surface area (Å²) >= 11 is 0. The third-order valence-electron chi connectivity index (χ3n) is 1.97. The second-order valence-corrected chi connectivity index (χ2v) is 3.37. The summed E-state index contributed by atoms with van der Waals surface area (Å²) in [7, 11) is 0. The lowest BCUT2D eigenvalue weighted by Gasteiger charge is -2.05. The molecule has 16 heavy (non-hydrogen) atoms. The first-order valence-electron chi connectivity index (χ1n) is 5.32. The molecule has 88 valence electrons. The van der Waals surface area contributed by atoms with E-state index in [1.165, 1.54) is 18.2 Å². The Kier molecular flexibility index (Phi) is 5.32. The van der Waals surface area contributed by atoms with Gasteiger partial charge >= 0.3 is 6.16 Å². The predicted molar refractivity (Wildman–Crippen MR) is 57.9 cm³/mol. The highest BCUT2D eigenvalue weighted by molar-refractivity contribution is 5.63. The summed E-state index contributed by atoms with van der Waals surface area (Å²) < 4.78 is 22.3. The summed E-state index contributed by atoms with van der Waals surface area (Å²) in [5.74, 6) is -0.295. The Balaban J connectivity index is 2.29. The molecule has 0 heterocycles. The number of hydrogen-bond donors (Lipinski definition) is 0. The van der Waals surface area contributed by atoms with Crippen LogP contribution in [-0.2, 0) is 4.74 Å².